The van der Waals surface area contributed by atoms with Crippen molar-refractivity contribution in [2.24, 2.45) is 0 Å². The predicted molar refractivity (Wildman–Crippen MR) is 60.3 cm³/mol. The third-order valence-corrected chi connectivity index (χ3v) is 2.30. The van der Waals surface area contributed by atoms with E-state index in [-0.39, 0.29) is 13.2 Å². The summed E-state index contributed by atoms with van der Waals surface area (Å²) in [5.74, 6) is 0.789. The average Bonchev–Trinajstić information content (AvgIpc) is 2.83. The molecule has 0 aliphatic heterocycles. The summed E-state index contributed by atoms with van der Waals surface area (Å²) in [5, 5.41) is 12.7. The van der Waals surface area contributed by atoms with Crippen LogP contribution in [0.25, 0.3) is 0 Å². The maximum Gasteiger partial charge on any atom is 0.264 e. The lowest BCUT2D eigenvalue weighted by molar-refractivity contribution is 0.240. The van der Waals surface area contributed by atoms with Gasteiger partial charge in [0.1, 0.15) is 11.6 Å². The van der Waals surface area contributed by atoms with Crippen LogP contribution < -0.4 is 4.74 Å². The summed E-state index contributed by atoms with van der Waals surface area (Å²) in [4.78, 5) is 4.06. The van der Waals surface area contributed by atoms with Gasteiger partial charge in [0.05, 0.1) is 6.61 Å². The van der Waals surface area contributed by atoms with E-state index >= 15 is 0 Å². The maximum absolute atomic E-state index is 13.2. The second-order valence-electron chi connectivity index (χ2n) is 3.70. The quantitative estimate of drug-likeness (QED) is 0.879. The summed E-state index contributed by atoms with van der Waals surface area (Å²) >= 11 is 0. The SMILES string of the molecule is CCc1noc(COc2cc(F)cc(CO)c2)n1. The Labute approximate surface area is 103 Å². The molecule has 5 nitrogen and oxygen atoms in total. The van der Waals surface area contributed by atoms with Crippen molar-refractivity contribution in [2.45, 2.75) is 26.6 Å². The largest absolute Gasteiger partial charge is 0.484 e. The van der Waals surface area contributed by atoms with Gasteiger partial charge in [-0.25, -0.2) is 4.39 Å². The van der Waals surface area contributed by atoms with E-state index < -0.39 is 5.82 Å². The fourth-order valence-corrected chi connectivity index (χ4v) is 1.43. The van der Waals surface area contributed by atoms with Crippen LogP contribution in [0.2, 0.25) is 0 Å². The van der Waals surface area contributed by atoms with Crippen molar-refractivity contribution in [1.82, 2.24) is 10.1 Å². The summed E-state index contributed by atoms with van der Waals surface area (Å²) < 4.78 is 23.4. The highest BCUT2D eigenvalue weighted by Gasteiger charge is 2.07. The lowest BCUT2D eigenvalue weighted by atomic mass is 10.2. The van der Waals surface area contributed by atoms with E-state index in [0.29, 0.717) is 29.4 Å². The zero-order valence-electron chi connectivity index (χ0n) is 9.89. The van der Waals surface area contributed by atoms with Crippen LogP contribution in [-0.2, 0) is 19.6 Å². The van der Waals surface area contributed by atoms with Crippen molar-refractivity contribution < 1.29 is 18.8 Å². The fraction of sp³-hybridized carbons (Fsp3) is 0.333. The van der Waals surface area contributed by atoms with Crippen LogP contribution in [0, 0.1) is 5.82 Å². The molecule has 0 unspecified atom stereocenters. The van der Waals surface area contributed by atoms with Gasteiger partial charge in [0, 0.05) is 12.5 Å². The highest BCUT2D eigenvalue weighted by atomic mass is 19.1. The third-order valence-electron chi connectivity index (χ3n) is 2.30. The van der Waals surface area contributed by atoms with Crippen molar-refractivity contribution in [3.63, 3.8) is 0 Å². The molecular weight excluding hydrogens is 239 g/mol. The lowest BCUT2D eigenvalue weighted by Crippen LogP contribution is -1.97. The molecular formula is C12H13FN2O3. The number of hydrogen-bond acceptors (Lipinski definition) is 5. The Morgan fingerprint density at radius 3 is 2.89 bits per heavy atom. The molecule has 1 aromatic carbocycles. The number of ether oxygens (including phenoxy) is 1. The zero-order chi connectivity index (χ0) is 13.0. The summed E-state index contributed by atoms with van der Waals surface area (Å²) in [6.07, 6.45) is 0.679. The van der Waals surface area contributed by atoms with E-state index in [9.17, 15) is 4.39 Å². The summed E-state index contributed by atoms with van der Waals surface area (Å²) in [6, 6.07) is 4.03. The van der Waals surface area contributed by atoms with Crippen molar-refractivity contribution in [3.8, 4) is 5.75 Å². The normalized spacial score (nSPS) is 10.6. The van der Waals surface area contributed by atoms with Gasteiger partial charge in [-0.15, -0.1) is 0 Å². The van der Waals surface area contributed by atoms with Crippen LogP contribution in [0.15, 0.2) is 22.7 Å². The number of aliphatic hydroxyl groups is 1. The Morgan fingerprint density at radius 2 is 2.22 bits per heavy atom. The summed E-state index contributed by atoms with van der Waals surface area (Å²) in [7, 11) is 0. The van der Waals surface area contributed by atoms with Gasteiger partial charge >= 0.3 is 0 Å². The molecule has 0 aliphatic rings. The second kappa shape index (κ2) is 5.59. The van der Waals surface area contributed by atoms with E-state index in [1.54, 1.807) is 6.07 Å². The van der Waals surface area contributed by atoms with Gasteiger partial charge in [0.15, 0.2) is 12.4 Å². The minimum absolute atomic E-state index is 0.0708. The van der Waals surface area contributed by atoms with Crippen molar-refractivity contribution >= 4 is 0 Å². The van der Waals surface area contributed by atoms with Gasteiger partial charge in [-0.1, -0.05) is 12.1 Å². The smallest absolute Gasteiger partial charge is 0.264 e. The highest BCUT2D eigenvalue weighted by Crippen LogP contribution is 2.17. The number of halogens is 1. The van der Waals surface area contributed by atoms with E-state index in [0.717, 1.165) is 0 Å². The van der Waals surface area contributed by atoms with Crippen LogP contribution in [0.3, 0.4) is 0 Å². The molecule has 0 radical (unpaired) electrons. The van der Waals surface area contributed by atoms with Crippen molar-refractivity contribution in [1.29, 1.82) is 0 Å². The van der Waals surface area contributed by atoms with Gasteiger partial charge in [-0.05, 0) is 17.7 Å². The Hall–Kier alpha value is -1.95. The summed E-state index contributed by atoms with van der Waals surface area (Å²) in [5.41, 5.74) is 0.449. The molecule has 2 rings (SSSR count). The topological polar surface area (TPSA) is 68.4 Å². The zero-order valence-corrected chi connectivity index (χ0v) is 9.89. The first-order valence-corrected chi connectivity index (χ1v) is 5.56. The number of aromatic nitrogens is 2. The molecule has 0 saturated carbocycles. The van der Waals surface area contributed by atoms with E-state index in [1.165, 1.54) is 12.1 Å². The molecule has 96 valence electrons. The monoisotopic (exact) mass is 252 g/mol. The van der Waals surface area contributed by atoms with E-state index in [2.05, 4.69) is 10.1 Å². The lowest BCUT2D eigenvalue weighted by Gasteiger charge is -2.05. The van der Waals surface area contributed by atoms with E-state index in [1.807, 2.05) is 6.92 Å². The number of hydrogen-bond donors (Lipinski definition) is 1. The van der Waals surface area contributed by atoms with E-state index in [4.69, 9.17) is 14.4 Å². The molecule has 0 bridgehead atoms. The van der Waals surface area contributed by atoms with Gasteiger partial charge in [-0.2, -0.15) is 4.98 Å². The minimum atomic E-state index is -0.462. The maximum atomic E-state index is 13.2. The molecule has 0 aliphatic carbocycles. The van der Waals surface area contributed by atoms with Crippen LogP contribution in [0.4, 0.5) is 4.39 Å². The first kappa shape index (κ1) is 12.5. The Balaban J connectivity index is 2.03. The molecule has 0 spiro atoms. The van der Waals surface area contributed by atoms with Crippen LogP contribution >= 0.6 is 0 Å². The number of nitrogens with zero attached hydrogens (tertiary/aromatic N) is 2. The third kappa shape index (κ3) is 3.04. The molecule has 1 heterocycles. The van der Waals surface area contributed by atoms with Gasteiger partial charge in [-0.3, -0.25) is 0 Å². The van der Waals surface area contributed by atoms with Crippen molar-refractivity contribution in [2.75, 3.05) is 0 Å². The molecule has 1 aromatic heterocycles. The van der Waals surface area contributed by atoms with Crippen LogP contribution in [0.1, 0.15) is 24.2 Å². The average molecular weight is 252 g/mol. The molecule has 18 heavy (non-hydrogen) atoms. The Kier molecular flexibility index (Phi) is 3.88. The molecule has 6 heteroatoms. The first-order chi connectivity index (χ1) is 8.71. The van der Waals surface area contributed by atoms with Gasteiger partial charge < -0.3 is 14.4 Å². The Bertz CT molecular complexity index is 528. The molecule has 0 atom stereocenters. The molecule has 0 amide bonds. The number of aryl methyl sites for hydroxylation is 1. The summed E-state index contributed by atoms with van der Waals surface area (Å²) in [6.45, 7) is 1.74. The molecule has 0 saturated heterocycles. The first-order valence-electron chi connectivity index (χ1n) is 5.56. The Morgan fingerprint density at radius 1 is 1.39 bits per heavy atom. The molecule has 2 aromatic rings. The standard InChI is InChI=1S/C12H13FN2O3/c1-2-11-14-12(18-15-11)7-17-10-4-8(6-16)3-9(13)5-10/h3-5,16H,2,6-7H2,1H3. The predicted octanol–water partition coefficient (Wildman–Crippen LogP) is 1.84. The fourth-order valence-electron chi connectivity index (χ4n) is 1.43. The van der Waals surface area contributed by atoms with Gasteiger partial charge in [0.2, 0.25) is 0 Å². The second-order valence-corrected chi connectivity index (χ2v) is 3.70. The highest BCUT2D eigenvalue weighted by molar-refractivity contribution is 5.29. The van der Waals surface area contributed by atoms with Crippen LogP contribution in [0.5, 0.6) is 5.75 Å². The van der Waals surface area contributed by atoms with Crippen LogP contribution in [-0.4, -0.2) is 15.2 Å². The molecule has 0 fully saturated rings. The number of rotatable bonds is 5. The van der Waals surface area contributed by atoms with Crippen molar-refractivity contribution in [3.05, 3.63) is 41.3 Å². The molecule has 1 N–H and O–H groups in total. The number of aliphatic hydroxyl groups excluding tert-OH is 1. The number of benzene rings is 1. The van der Waals surface area contributed by atoms with Gasteiger partial charge in [0.25, 0.3) is 5.89 Å². The minimum Gasteiger partial charge on any atom is -0.484 e.